The molecule has 12 rings (SSSR count). The number of nitrogens with zero attached hydrogens (tertiary/aromatic N) is 3. The second-order valence-corrected chi connectivity index (χ2v) is 20.4. The summed E-state index contributed by atoms with van der Waals surface area (Å²) in [4.78, 5) is 2.51. The summed E-state index contributed by atoms with van der Waals surface area (Å²) in [5, 5.41) is 4.90. The van der Waals surface area contributed by atoms with E-state index in [1.807, 2.05) is 0 Å². The van der Waals surface area contributed by atoms with E-state index in [0.29, 0.717) is 0 Å². The fraction of sp³-hybridized carbons (Fsp3) is 0.186. The molecule has 5 heteroatoms. The Morgan fingerprint density at radius 1 is 0.531 bits per heavy atom. The van der Waals surface area contributed by atoms with E-state index in [-0.39, 0.29) is 17.5 Å². The van der Waals surface area contributed by atoms with E-state index in [1.54, 1.807) is 0 Å². The molecule has 2 aromatic heterocycles. The number of aryl methyl sites for hydroxylation is 3. The van der Waals surface area contributed by atoms with Crippen LogP contribution in [0.2, 0.25) is 0 Å². The molecule has 64 heavy (non-hydrogen) atoms. The number of benzene rings is 8. The van der Waals surface area contributed by atoms with E-state index in [0.717, 1.165) is 39.6 Å². The minimum Gasteiger partial charge on any atom is -0.456 e. The summed E-state index contributed by atoms with van der Waals surface area (Å²) >= 11 is 0. The molecule has 2 aliphatic heterocycles. The van der Waals surface area contributed by atoms with E-state index in [4.69, 9.17) is 4.74 Å². The standard InChI is InChI=1S/C59H52BN3O/c1-35-22-28-41(36(2)30-35)37-31-52-55-53(32-37)64-57-46(60(55)45-33-39(59(6,7)8)25-29-50(45)62(52)40-26-23-38(24-27-40)58(3,4)5)34-51(54-44-18-12-13-19-47(44)61(9)56(54)57)63-48-20-14-10-16-42(48)43-17-11-15-21-49(43)63/h10-34H,1-9H3. The lowest BCUT2D eigenvalue weighted by molar-refractivity contribution is 0.491. The van der Waals surface area contributed by atoms with Crippen LogP contribution in [0.3, 0.4) is 0 Å². The molecule has 0 bridgehead atoms. The number of para-hydroxylation sites is 3. The van der Waals surface area contributed by atoms with Crippen LogP contribution in [-0.2, 0) is 17.9 Å². The number of anilines is 3. The van der Waals surface area contributed by atoms with Crippen LogP contribution in [0.4, 0.5) is 17.1 Å². The minimum absolute atomic E-state index is 0.0335. The van der Waals surface area contributed by atoms with Crippen molar-refractivity contribution in [1.82, 2.24) is 9.13 Å². The zero-order valence-electron chi connectivity index (χ0n) is 38.3. The first kappa shape index (κ1) is 38.7. The number of rotatable bonds is 3. The minimum atomic E-state index is -0.112. The predicted molar refractivity (Wildman–Crippen MR) is 273 cm³/mol. The first-order chi connectivity index (χ1) is 30.8. The van der Waals surface area contributed by atoms with E-state index in [9.17, 15) is 0 Å². The first-order valence-corrected chi connectivity index (χ1v) is 22.8. The lowest BCUT2D eigenvalue weighted by Crippen LogP contribution is -2.60. The molecule has 0 unspecified atom stereocenters. The van der Waals surface area contributed by atoms with Crippen LogP contribution < -0.4 is 26.0 Å². The summed E-state index contributed by atoms with van der Waals surface area (Å²) in [6, 6.07) is 57.1. The number of aromatic nitrogens is 2. The fourth-order valence-corrected chi connectivity index (χ4v) is 11.0. The Balaban J connectivity index is 1.23. The zero-order valence-corrected chi connectivity index (χ0v) is 38.3. The third-order valence-electron chi connectivity index (χ3n) is 14.3. The van der Waals surface area contributed by atoms with E-state index in [2.05, 4.69) is 228 Å². The Bertz CT molecular complexity index is 3540. The lowest BCUT2D eigenvalue weighted by Gasteiger charge is -2.41. The van der Waals surface area contributed by atoms with Crippen LogP contribution in [0, 0.1) is 13.8 Å². The molecule has 0 saturated heterocycles. The maximum atomic E-state index is 7.62. The Kier molecular flexibility index (Phi) is 8.17. The monoisotopic (exact) mass is 829 g/mol. The molecule has 312 valence electrons. The zero-order chi connectivity index (χ0) is 44.0. The highest BCUT2D eigenvalue weighted by atomic mass is 16.5. The molecule has 0 aliphatic carbocycles. The molecule has 10 aromatic rings. The third-order valence-corrected chi connectivity index (χ3v) is 14.3. The van der Waals surface area contributed by atoms with E-state index < -0.39 is 0 Å². The lowest BCUT2D eigenvalue weighted by atomic mass is 9.34. The van der Waals surface area contributed by atoms with Crippen molar-refractivity contribution in [1.29, 1.82) is 0 Å². The topological polar surface area (TPSA) is 22.3 Å². The van der Waals surface area contributed by atoms with Gasteiger partial charge >= 0.3 is 0 Å². The summed E-state index contributed by atoms with van der Waals surface area (Å²) in [6.07, 6.45) is 0. The number of hydrogen-bond donors (Lipinski definition) is 0. The number of ether oxygens (including phenoxy) is 1. The Morgan fingerprint density at radius 3 is 1.81 bits per heavy atom. The quantitative estimate of drug-likeness (QED) is 0.166. The number of fused-ring (bicyclic) bond motifs is 11. The van der Waals surface area contributed by atoms with Crippen LogP contribution in [0.25, 0.3) is 60.4 Å². The second kappa shape index (κ2) is 13.5. The molecule has 0 amide bonds. The third kappa shape index (κ3) is 5.56. The normalized spacial score (nSPS) is 13.5. The van der Waals surface area contributed by atoms with Crippen LogP contribution in [0.5, 0.6) is 11.5 Å². The Labute approximate surface area is 376 Å². The van der Waals surface area contributed by atoms with Crippen molar-refractivity contribution in [3.05, 3.63) is 174 Å². The largest absolute Gasteiger partial charge is 0.456 e. The SMILES string of the molecule is Cc1ccc(-c2cc3c4c(c2)N(c2ccc(C(C)(C)C)cc2)c2ccc(C(C)(C)C)cc2B4c2cc(-n4c5ccccc5c5ccccc54)c4c5ccccc5n(C)c4c2O3)c(C)c1. The van der Waals surface area contributed by atoms with Crippen LogP contribution >= 0.6 is 0 Å². The maximum absolute atomic E-state index is 7.62. The number of hydrogen-bond acceptors (Lipinski definition) is 2. The van der Waals surface area contributed by atoms with Gasteiger partial charge in [0.25, 0.3) is 6.71 Å². The van der Waals surface area contributed by atoms with Gasteiger partial charge in [-0.15, -0.1) is 0 Å². The summed E-state index contributed by atoms with van der Waals surface area (Å²) in [5.41, 5.74) is 20.4. The summed E-state index contributed by atoms with van der Waals surface area (Å²) in [5.74, 6) is 1.83. The molecule has 0 radical (unpaired) electrons. The van der Waals surface area contributed by atoms with Crippen molar-refractivity contribution in [3.63, 3.8) is 0 Å². The van der Waals surface area contributed by atoms with Gasteiger partial charge in [-0.2, -0.15) is 0 Å². The van der Waals surface area contributed by atoms with Crippen molar-refractivity contribution in [2.45, 2.75) is 66.2 Å². The van der Waals surface area contributed by atoms with Gasteiger partial charge in [-0.3, -0.25) is 0 Å². The van der Waals surface area contributed by atoms with E-state index in [1.165, 1.54) is 88.0 Å². The molecule has 8 aromatic carbocycles. The average molecular weight is 830 g/mol. The molecule has 0 saturated carbocycles. The van der Waals surface area contributed by atoms with Crippen LogP contribution in [0.15, 0.2) is 152 Å². The Morgan fingerprint density at radius 2 is 1.16 bits per heavy atom. The van der Waals surface area contributed by atoms with E-state index >= 15 is 0 Å². The van der Waals surface area contributed by atoms with Gasteiger partial charge in [0, 0.05) is 51.2 Å². The smallest absolute Gasteiger partial charge is 0.256 e. The molecule has 0 atom stereocenters. The molecule has 4 nitrogen and oxygen atoms in total. The van der Waals surface area contributed by atoms with Crippen molar-refractivity contribution in [3.8, 4) is 28.3 Å². The molecule has 2 aliphatic rings. The highest BCUT2D eigenvalue weighted by molar-refractivity contribution is 6.99. The van der Waals surface area contributed by atoms with Gasteiger partial charge < -0.3 is 18.8 Å². The van der Waals surface area contributed by atoms with Gasteiger partial charge in [0.15, 0.2) is 0 Å². The van der Waals surface area contributed by atoms with Gasteiger partial charge in [-0.05, 0) is 123 Å². The molecule has 0 N–H and O–H groups in total. The van der Waals surface area contributed by atoms with Gasteiger partial charge in [0.05, 0.1) is 22.2 Å². The van der Waals surface area contributed by atoms with Gasteiger partial charge in [-0.1, -0.05) is 144 Å². The molecule has 0 spiro atoms. The van der Waals surface area contributed by atoms with Crippen molar-refractivity contribution >= 4 is 83.8 Å². The molecule has 0 fully saturated rings. The second-order valence-electron chi connectivity index (χ2n) is 20.4. The van der Waals surface area contributed by atoms with Crippen LogP contribution in [0.1, 0.15) is 63.8 Å². The van der Waals surface area contributed by atoms with Crippen molar-refractivity contribution < 1.29 is 4.74 Å². The predicted octanol–water partition coefficient (Wildman–Crippen LogP) is 13.7. The fourth-order valence-electron chi connectivity index (χ4n) is 11.0. The highest BCUT2D eigenvalue weighted by Gasteiger charge is 2.44. The summed E-state index contributed by atoms with van der Waals surface area (Å²) in [6.45, 7) is 18.1. The first-order valence-electron chi connectivity index (χ1n) is 22.8. The molecular weight excluding hydrogens is 777 g/mol. The van der Waals surface area contributed by atoms with Gasteiger partial charge in [0.2, 0.25) is 0 Å². The molecule has 4 heterocycles. The maximum Gasteiger partial charge on any atom is 0.256 e. The highest BCUT2D eigenvalue weighted by Crippen LogP contribution is 2.48. The summed E-state index contributed by atoms with van der Waals surface area (Å²) < 4.78 is 12.5. The van der Waals surface area contributed by atoms with Gasteiger partial charge in [0.1, 0.15) is 11.5 Å². The van der Waals surface area contributed by atoms with Crippen molar-refractivity contribution in [2.75, 3.05) is 4.90 Å². The average Bonchev–Trinajstić information content (AvgIpc) is 3.77. The molecular formula is C59H52BN3O. The summed E-state index contributed by atoms with van der Waals surface area (Å²) in [7, 11) is 2.21. The Hall–Kier alpha value is -6.98. The van der Waals surface area contributed by atoms with Gasteiger partial charge in [-0.25, -0.2) is 0 Å². The van der Waals surface area contributed by atoms with Crippen molar-refractivity contribution in [2.24, 2.45) is 7.05 Å². The van der Waals surface area contributed by atoms with Crippen LogP contribution in [-0.4, -0.2) is 15.8 Å².